The van der Waals surface area contributed by atoms with Crippen molar-refractivity contribution in [2.45, 2.75) is 32.7 Å². The first-order valence-electron chi connectivity index (χ1n) is 7.05. The maximum atomic E-state index is 12.1. The van der Waals surface area contributed by atoms with Gasteiger partial charge in [-0.2, -0.15) is 4.68 Å². The SMILES string of the molecule is Cc1occc1-c1nn(CC(=O)N2CCCCC2)c(=O)o1. The van der Waals surface area contributed by atoms with Crippen LogP contribution >= 0.6 is 0 Å². The average molecular weight is 291 g/mol. The third kappa shape index (κ3) is 2.76. The number of likely N-dealkylation sites (tertiary alicyclic amines) is 1. The van der Waals surface area contributed by atoms with Gasteiger partial charge in [-0.15, -0.1) is 5.10 Å². The van der Waals surface area contributed by atoms with Crippen LogP contribution in [0.2, 0.25) is 0 Å². The van der Waals surface area contributed by atoms with E-state index in [2.05, 4.69) is 5.10 Å². The quantitative estimate of drug-likeness (QED) is 0.854. The van der Waals surface area contributed by atoms with Gasteiger partial charge in [-0.3, -0.25) is 4.79 Å². The molecular formula is C14H17N3O4. The van der Waals surface area contributed by atoms with Crippen LogP contribution in [0.15, 0.2) is 26.0 Å². The molecule has 0 radical (unpaired) electrons. The summed E-state index contributed by atoms with van der Waals surface area (Å²) >= 11 is 0. The fourth-order valence-electron chi connectivity index (χ4n) is 2.49. The molecule has 21 heavy (non-hydrogen) atoms. The van der Waals surface area contributed by atoms with E-state index in [4.69, 9.17) is 8.83 Å². The van der Waals surface area contributed by atoms with Crippen LogP contribution in [0.4, 0.5) is 0 Å². The summed E-state index contributed by atoms with van der Waals surface area (Å²) in [4.78, 5) is 25.7. The lowest BCUT2D eigenvalue weighted by atomic mass is 10.1. The first-order chi connectivity index (χ1) is 10.1. The number of amides is 1. The van der Waals surface area contributed by atoms with Gasteiger partial charge < -0.3 is 13.7 Å². The van der Waals surface area contributed by atoms with Gasteiger partial charge in [0.25, 0.3) is 5.89 Å². The normalized spacial score (nSPS) is 15.4. The van der Waals surface area contributed by atoms with E-state index in [1.807, 2.05) is 0 Å². The maximum absolute atomic E-state index is 12.1. The number of rotatable bonds is 3. The van der Waals surface area contributed by atoms with Crippen LogP contribution in [0, 0.1) is 6.92 Å². The third-order valence-corrected chi connectivity index (χ3v) is 3.69. The van der Waals surface area contributed by atoms with Crippen molar-refractivity contribution in [2.24, 2.45) is 0 Å². The highest BCUT2D eigenvalue weighted by atomic mass is 16.4. The largest absolute Gasteiger partial charge is 0.469 e. The number of furan rings is 1. The van der Waals surface area contributed by atoms with Gasteiger partial charge in [-0.25, -0.2) is 4.79 Å². The maximum Gasteiger partial charge on any atom is 0.437 e. The van der Waals surface area contributed by atoms with E-state index < -0.39 is 5.76 Å². The Bertz CT molecular complexity index is 691. The van der Waals surface area contributed by atoms with E-state index in [1.165, 1.54) is 6.26 Å². The van der Waals surface area contributed by atoms with Gasteiger partial charge in [-0.1, -0.05) is 0 Å². The Morgan fingerprint density at radius 2 is 2.10 bits per heavy atom. The molecule has 112 valence electrons. The zero-order valence-electron chi connectivity index (χ0n) is 11.9. The van der Waals surface area contributed by atoms with E-state index in [0.29, 0.717) is 11.3 Å². The molecule has 0 aliphatic carbocycles. The second kappa shape index (κ2) is 5.59. The molecule has 0 aromatic carbocycles. The Morgan fingerprint density at radius 3 is 2.76 bits per heavy atom. The third-order valence-electron chi connectivity index (χ3n) is 3.69. The van der Waals surface area contributed by atoms with Crippen molar-refractivity contribution in [2.75, 3.05) is 13.1 Å². The van der Waals surface area contributed by atoms with Crippen LogP contribution in [0.25, 0.3) is 11.5 Å². The molecule has 7 heteroatoms. The minimum absolute atomic E-state index is 0.0841. The number of hydrogen-bond acceptors (Lipinski definition) is 5. The van der Waals surface area contributed by atoms with Crippen LogP contribution in [0.5, 0.6) is 0 Å². The van der Waals surface area contributed by atoms with Crippen LogP contribution in [0.1, 0.15) is 25.0 Å². The van der Waals surface area contributed by atoms with Gasteiger partial charge in [0.15, 0.2) is 0 Å². The lowest BCUT2D eigenvalue weighted by Crippen LogP contribution is -2.39. The van der Waals surface area contributed by atoms with Gasteiger partial charge in [0, 0.05) is 13.1 Å². The number of piperidine rings is 1. The number of carbonyl (C=O) groups is 1. The van der Waals surface area contributed by atoms with Gasteiger partial charge >= 0.3 is 5.76 Å². The molecule has 2 aromatic rings. The van der Waals surface area contributed by atoms with Crippen molar-refractivity contribution >= 4 is 5.91 Å². The number of carbonyl (C=O) groups excluding carboxylic acids is 1. The molecule has 0 saturated carbocycles. The molecule has 1 amide bonds. The molecule has 0 unspecified atom stereocenters. The summed E-state index contributed by atoms with van der Waals surface area (Å²) in [6.07, 6.45) is 4.68. The van der Waals surface area contributed by atoms with E-state index in [1.54, 1.807) is 17.9 Å². The highest BCUT2D eigenvalue weighted by molar-refractivity contribution is 5.76. The van der Waals surface area contributed by atoms with Gasteiger partial charge in [0.1, 0.15) is 12.3 Å². The second-order valence-corrected chi connectivity index (χ2v) is 5.16. The monoisotopic (exact) mass is 291 g/mol. The van der Waals surface area contributed by atoms with Gasteiger partial charge in [0.2, 0.25) is 5.91 Å². The van der Waals surface area contributed by atoms with E-state index >= 15 is 0 Å². The molecule has 3 heterocycles. The lowest BCUT2D eigenvalue weighted by Gasteiger charge is -2.26. The number of aryl methyl sites for hydroxylation is 1. The molecule has 1 aliphatic rings. The molecule has 1 aliphatic heterocycles. The van der Waals surface area contributed by atoms with E-state index in [9.17, 15) is 9.59 Å². The summed E-state index contributed by atoms with van der Waals surface area (Å²) in [5.41, 5.74) is 0.622. The molecule has 7 nitrogen and oxygen atoms in total. The van der Waals surface area contributed by atoms with Crippen LogP contribution in [0.3, 0.4) is 0 Å². The first-order valence-corrected chi connectivity index (χ1v) is 7.05. The van der Waals surface area contributed by atoms with Crippen LogP contribution in [-0.4, -0.2) is 33.7 Å². The molecule has 0 atom stereocenters. The Kier molecular flexibility index (Phi) is 3.64. The molecule has 1 fully saturated rings. The van der Waals surface area contributed by atoms with E-state index in [-0.39, 0.29) is 18.3 Å². The Hall–Kier alpha value is -2.31. The predicted molar refractivity (Wildman–Crippen MR) is 73.6 cm³/mol. The lowest BCUT2D eigenvalue weighted by molar-refractivity contribution is -0.133. The zero-order chi connectivity index (χ0) is 14.8. The Labute approximate surface area is 121 Å². The Balaban J connectivity index is 1.77. The predicted octanol–water partition coefficient (Wildman–Crippen LogP) is 1.42. The smallest absolute Gasteiger partial charge is 0.437 e. The summed E-state index contributed by atoms with van der Waals surface area (Å²) < 4.78 is 11.3. The summed E-state index contributed by atoms with van der Waals surface area (Å²) in [5.74, 6) is 0.0694. The fourth-order valence-corrected chi connectivity index (χ4v) is 2.49. The van der Waals surface area contributed by atoms with Crippen LogP contribution in [-0.2, 0) is 11.3 Å². The van der Waals surface area contributed by atoms with Crippen molar-refractivity contribution in [1.29, 1.82) is 0 Å². The van der Waals surface area contributed by atoms with Gasteiger partial charge in [0.05, 0.1) is 11.8 Å². The number of aromatic nitrogens is 2. The molecule has 1 saturated heterocycles. The molecule has 0 bridgehead atoms. The van der Waals surface area contributed by atoms with Crippen molar-refractivity contribution in [3.63, 3.8) is 0 Å². The summed E-state index contributed by atoms with van der Waals surface area (Å²) in [6.45, 7) is 3.17. The van der Waals surface area contributed by atoms with Crippen molar-refractivity contribution in [3.8, 4) is 11.5 Å². The highest BCUT2D eigenvalue weighted by Crippen LogP contribution is 2.20. The van der Waals surface area contributed by atoms with Gasteiger partial charge in [-0.05, 0) is 32.3 Å². The summed E-state index contributed by atoms with van der Waals surface area (Å²) in [7, 11) is 0. The number of hydrogen-bond donors (Lipinski definition) is 0. The summed E-state index contributed by atoms with van der Waals surface area (Å²) in [5, 5.41) is 4.08. The van der Waals surface area contributed by atoms with E-state index in [0.717, 1.165) is 37.0 Å². The standard InChI is InChI=1S/C14H17N3O4/c1-10-11(5-8-20-10)13-15-17(14(19)21-13)9-12(18)16-6-3-2-4-7-16/h5,8H,2-4,6-7,9H2,1H3. The van der Waals surface area contributed by atoms with Crippen LogP contribution < -0.4 is 5.76 Å². The highest BCUT2D eigenvalue weighted by Gasteiger charge is 2.20. The molecule has 3 rings (SSSR count). The Morgan fingerprint density at radius 1 is 1.33 bits per heavy atom. The number of nitrogens with zero attached hydrogens (tertiary/aromatic N) is 3. The summed E-state index contributed by atoms with van der Waals surface area (Å²) in [6, 6.07) is 1.68. The van der Waals surface area contributed by atoms with Crippen molar-refractivity contribution in [1.82, 2.24) is 14.7 Å². The zero-order valence-corrected chi connectivity index (χ0v) is 11.9. The first kappa shape index (κ1) is 13.7. The minimum Gasteiger partial charge on any atom is -0.469 e. The van der Waals surface area contributed by atoms with Crippen molar-refractivity contribution < 1.29 is 13.6 Å². The molecule has 0 spiro atoms. The molecule has 0 N–H and O–H groups in total. The topological polar surface area (TPSA) is 81.5 Å². The second-order valence-electron chi connectivity index (χ2n) is 5.16. The fraction of sp³-hybridized carbons (Fsp3) is 0.500. The molecular weight excluding hydrogens is 274 g/mol. The minimum atomic E-state index is -0.629. The van der Waals surface area contributed by atoms with Crippen molar-refractivity contribution in [3.05, 3.63) is 28.6 Å². The molecule has 2 aromatic heterocycles. The average Bonchev–Trinajstić information content (AvgIpc) is 3.06.